The zero-order valence-corrected chi connectivity index (χ0v) is 14.7. The lowest BCUT2D eigenvalue weighted by Gasteiger charge is -2.12. The second kappa shape index (κ2) is 7.11. The van der Waals surface area contributed by atoms with Gasteiger partial charge < -0.3 is 14.6 Å². The molecule has 0 spiro atoms. The number of halogens is 2. The fourth-order valence-electron chi connectivity index (χ4n) is 3.15. The van der Waals surface area contributed by atoms with E-state index in [1.165, 1.54) is 12.3 Å². The average Bonchev–Trinajstić information content (AvgIpc) is 2.90. The van der Waals surface area contributed by atoms with E-state index < -0.39 is 6.61 Å². The number of hydrogen-bond donors (Lipinski definition) is 1. The van der Waals surface area contributed by atoms with Crippen LogP contribution in [0.1, 0.15) is 28.7 Å². The average molecular weight is 359 g/mol. The van der Waals surface area contributed by atoms with Crippen LogP contribution in [0.15, 0.2) is 36.5 Å². The first-order valence-corrected chi connectivity index (χ1v) is 8.23. The molecule has 0 atom stereocenters. The van der Waals surface area contributed by atoms with E-state index in [1.54, 1.807) is 18.2 Å². The third-order valence-corrected chi connectivity index (χ3v) is 4.33. The van der Waals surface area contributed by atoms with Crippen LogP contribution in [0.3, 0.4) is 0 Å². The Hall–Kier alpha value is -2.96. The van der Waals surface area contributed by atoms with Gasteiger partial charge in [-0.1, -0.05) is 0 Å². The Morgan fingerprint density at radius 3 is 2.73 bits per heavy atom. The van der Waals surface area contributed by atoms with Crippen molar-refractivity contribution < 1.29 is 18.3 Å². The molecule has 0 fully saturated rings. The second-order valence-corrected chi connectivity index (χ2v) is 5.87. The van der Waals surface area contributed by atoms with Gasteiger partial charge in [-0.25, -0.2) is 0 Å². The van der Waals surface area contributed by atoms with E-state index in [0.29, 0.717) is 16.6 Å². The Kier molecular flexibility index (Phi) is 4.88. The van der Waals surface area contributed by atoms with Crippen molar-refractivity contribution in [1.82, 2.24) is 9.55 Å². The maximum Gasteiger partial charge on any atom is 0.387 e. The summed E-state index contributed by atoms with van der Waals surface area (Å²) in [6, 6.07) is 8.13. The van der Waals surface area contributed by atoms with Crippen LogP contribution in [-0.2, 0) is 6.54 Å². The van der Waals surface area contributed by atoms with Crippen molar-refractivity contribution in [3.8, 4) is 5.75 Å². The van der Waals surface area contributed by atoms with Crippen molar-refractivity contribution in [3.63, 3.8) is 0 Å². The summed E-state index contributed by atoms with van der Waals surface area (Å²) >= 11 is 0. The van der Waals surface area contributed by atoms with Gasteiger partial charge in [0.15, 0.2) is 5.75 Å². The van der Waals surface area contributed by atoms with E-state index in [-0.39, 0.29) is 17.2 Å². The molecule has 1 amide bonds. The molecule has 5 nitrogen and oxygen atoms in total. The van der Waals surface area contributed by atoms with E-state index in [9.17, 15) is 13.6 Å². The summed E-state index contributed by atoms with van der Waals surface area (Å²) in [5.41, 5.74) is 3.21. The van der Waals surface area contributed by atoms with Gasteiger partial charge in [0.1, 0.15) is 5.52 Å². The number of carbonyl (C=O) groups excluding carboxylic acids is 1. The molecule has 1 aromatic carbocycles. The number of aryl methyl sites for hydroxylation is 1. The third-order valence-electron chi connectivity index (χ3n) is 4.33. The lowest BCUT2D eigenvalue weighted by molar-refractivity contribution is -0.0489. The van der Waals surface area contributed by atoms with E-state index in [0.717, 1.165) is 17.9 Å². The highest BCUT2D eigenvalue weighted by molar-refractivity contribution is 6.10. The highest BCUT2D eigenvalue weighted by Crippen LogP contribution is 2.31. The Morgan fingerprint density at radius 1 is 1.31 bits per heavy atom. The number of pyridine rings is 1. The molecule has 0 unspecified atom stereocenters. The number of nitrogens with one attached hydrogen (secondary N) is 1. The summed E-state index contributed by atoms with van der Waals surface area (Å²) in [7, 11) is 0. The second-order valence-electron chi connectivity index (χ2n) is 5.87. The molecule has 2 heterocycles. The molecule has 0 saturated carbocycles. The van der Waals surface area contributed by atoms with Gasteiger partial charge in [0.25, 0.3) is 5.91 Å². The summed E-state index contributed by atoms with van der Waals surface area (Å²) in [6.45, 7) is 3.69. The third kappa shape index (κ3) is 3.24. The molecule has 7 heteroatoms. The molecule has 26 heavy (non-hydrogen) atoms. The van der Waals surface area contributed by atoms with Crippen molar-refractivity contribution >= 4 is 22.5 Å². The standard InChI is InChI=1S/C19H19F2N3O2/c1-4-24-11(2)10-14(12(24)3)18(25)23-15-7-8-16(26-19(20)21)17-13(15)6-5-9-22-17/h5-10,19H,4H2,1-3H3,(H,23,25). The predicted octanol–water partition coefficient (Wildman–Crippen LogP) is 4.53. The number of hydrogen-bond acceptors (Lipinski definition) is 3. The maximum absolute atomic E-state index is 12.7. The van der Waals surface area contributed by atoms with Crippen LogP contribution in [-0.4, -0.2) is 22.1 Å². The van der Waals surface area contributed by atoms with Crippen LogP contribution in [0, 0.1) is 13.8 Å². The normalized spacial score (nSPS) is 11.2. The maximum atomic E-state index is 12.7. The number of rotatable bonds is 5. The molecule has 0 bridgehead atoms. The number of ether oxygens (including phenoxy) is 1. The highest BCUT2D eigenvalue weighted by atomic mass is 19.3. The fourth-order valence-corrected chi connectivity index (χ4v) is 3.15. The zero-order valence-electron chi connectivity index (χ0n) is 14.7. The molecule has 0 radical (unpaired) electrons. The Morgan fingerprint density at radius 2 is 2.08 bits per heavy atom. The number of amides is 1. The minimum absolute atomic E-state index is 0.0299. The smallest absolute Gasteiger partial charge is 0.387 e. The molecular formula is C19H19F2N3O2. The van der Waals surface area contributed by atoms with Gasteiger partial charge in [-0.15, -0.1) is 0 Å². The van der Waals surface area contributed by atoms with E-state index in [2.05, 4.69) is 15.0 Å². The molecule has 0 aliphatic rings. The number of carbonyl (C=O) groups is 1. The van der Waals surface area contributed by atoms with E-state index in [4.69, 9.17) is 0 Å². The quantitative estimate of drug-likeness (QED) is 0.728. The van der Waals surface area contributed by atoms with Crippen LogP contribution >= 0.6 is 0 Å². The predicted molar refractivity (Wildman–Crippen MR) is 95.9 cm³/mol. The van der Waals surface area contributed by atoms with Crippen LogP contribution in [0.4, 0.5) is 14.5 Å². The Bertz CT molecular complexity index is 967. The first kappa shape index (κ1) is 17.8. The van der Waals surface area contributed by atoms with Gasteiger partial charge in [-0.2, -0.15) is 8.78 Å². The van der Waals surface area contributed by atoms with E-state index in [1.807, 2.05) is 31.4 Å². The highest BCUT2D eigenvalue weighted by Gasteiger charge is 2.17. The Labute approximate surface area is 149 Å². The molecule has 0 saturated heterocycles. The molecule has 0 aliphatic carbocycles. The van der Waals surface area contributed by atoms with Gasteiger partial charge in [0, 0.05) is 29.5 Å². The summed E-state index contributed by atoms with van der Waals surface area (Å²) in [4.78, 5) is 16.8. The molecule has 136 valence electrons. The summed E-state index contributed by atoms with van der Waals surface area (Å²) in [6.07, 6.45) is 1.49. The SMILES string of the molecule is CCn1c(C)cc(C(=O)Nc2ccc(OC(F)F)c3ncccc23)c1C. The Balaban J connectivity index is 1.98. The fraction of sp³-hybridized carbons (Fsp3) is 0.263. The number of aromatic nitrogens is 2. The summed E-state index contributed by atoms with van der Waals surface area (Å²) < 4.78 is 31.7. The molecule has 1 N–H and O–H groups in total. The molecule has 0 aliphatic heterocycles. The van der Waals surface area contributed by atoms with Crippen LogP contribution < -0.4 is 10.1 Å². The van der Waals surface area contributed by atoms with Gasteiger partial charge in [-0.3, -0.25) is 9.78 Å². The van der Waals surface area contributed by atoms with Crippen molar-refractivity contribution in [3.05, 3.63) is 53.5 Å². The number of benzene rings is 1. The molecular weight excluding hydrogens is 340 g/mol. The van der Waals surface area contributed by atoms with E-state index >= 15 is 0 Å². The van der Waals surface area contributed by atoms with Crippen molar-refractivity contribution in [1.29, 1.82) is 0 Å². The van der Waals surface area contributed by atoms with Crippen molar-refractivity contribution in [2.45, 2.75) is 33.9 Å². The summed E-state index contributed by atoms with van der Waals surface area (Å²) in [5.74, 6) is -0.289. The van der Waals surface area contributed by atoms with Crippen molar-refractivity contribution in [2.24, 2.45) is 0 Å². The number of nitrogens with zero attached hydrogens (tertiary/aromatic N) is 2. The van der Waals surface area contributed by atoms with Gasteiger partial charge in [0.2, 0.25) is 0 Å². The lowest BCUT2D eigenvalue weighted by Crippen LogP contribution is -2.14. The monoisotopic (exact) mass is 359 g/mol. The topological polar surface area (TPSA) is 56.2 Å². The van der Waals surface area contributed by atoms with Gasteiger partial charge >= 0.3 is 6.61 Å². The number of fused-ring (bicyclic) bond motifs is 1. The zero-order chi connectivity index (χ0) is 18.8. The largest absolute Gasteiger partial charge is 0.432 e. The van der Waals surface area contributed by atoms with Crippen molar-refractivity contribution in [2.75, 3.05) is 5.32 Å². The van der Waals surface area contributed by atoms with Gasteiger partial charge in [0.05, 0.1) is 11.3 Å². The van der Waals surface area contributed by atoms with Gasteiger partial charge in [-0.05, 0) is 51.1 Å². The minimum Gasteiger partial charge on any atom is -0.432 e. The summed E-state index contributed by atoms with van der Waals surface area (Å²) in [5, 5.41) is 3.38. The first-order valence-electron chi connectivity index (χ1n) is 8.23. The molecule has 3 aromatic rings. The number of anilines is 1. The molecule has 2 aromatic heterocycles. The first-order chi connectivity index (χ1) is 12.4. The number of alkyl halides is 2. The van der Waals surface area contributed by atoms with Crippen LogP contribution in [0.5, 0.6) is 5.75 Å². The van der Waals surface area contributed by atoms with Crippen LogP contribution in [0.25, 0.3) is 10.9 Å². The minimum atomic E-state index is -2.94. The lowest BCUT2D eigenvalue weighted by atomic mass is 10.1. The van der Waals surface area contributed by atoms with Crippen LogP contribution in [0.2, 0.25) is 0 Å². The molecule has 3 rings (SSSR count).